The van der Waals surface area contributed by atoms with Gasteiger partial charge >= 0.3 is 0 Å². The van der Waals surface area contributed by atoms with Crippen molar-refractivity contribution < 1.29 is 4.79 Å². The molecule has 0 amide bonds. The number of rotatable bonds is 5. The summed E-state index contributed by atoms with van der Waals surface area (Å²) in [6.45, 7) is 8.15. The first kappa shape index (κ1) is 15.0. The van der Waals surface area contributed by atoms with Gasteiger partial charge in [0.2, 0.25) is 0 Å². The molecule has 4 heteroatoms. The van der Waals surface area contributed by atoms with E-state index in [-0.39, 0.29) is 5.78 Å². The highest BCUT2D eigenvalue weighted by Crippen LogP contribution is 2.33. The summed E-state index contributed by atoms with van der Waals surface area (Å²) in [4.78, 5) is 19.6. The molecule has 110 valence electrons. The molecule has 0 aliphatic carbocycles. The van der Waals surface area contributed by atoms with Crippen molar-refractivity contribution in [1.82, 2.24) is 9.88 Å². The Balaban J connectivity index is 2.43. The van der Waals surface area contributed by atoms with Crippen molar-refractivity contribution in [2.45, 2.75) is 52.0 Å². The number of nitrogens with zero attached hydrogens (tertiary/aromatic N) is 2. The number of aryl methyl sites for hydroxylation is 1. The Labute approximate surface area is 121 Å². The molecule has 1 saturated heterocycles. The van der Waals surface area contributed by atoms with E-state index in [1.54, 1.807) is 6.20 Å². The number of nitrogens with two attached hydrogens (primary N) is 1. The smallest absolute Gasteiger partial charge is 0.186 e. The lowest BCUT2D eigenvalue weighted by molar-refractivity contribution is 0.0582. The number of ketones is 1. The van der Waals surface area contributed by atoms with Gasteiger partial charge in [0, 0.05) is 6.20 Å². The summed E-state index contributed by atoms with van der Waals surface area (Å²) in [7, 11) is 0. The van der Waals surface area contributed by atoms with Crippen LogP contribution in [0.15, 0.2) is 12.3 Å². The van der Waals surface area contributed by atoms with E-state index in [0.29, 0.717) is 11.4 Å². The number of anilines is 1. The Morgan fingerprint density at radius 1 is 1.35 bits per heavy atom. The SMILES string of the molecule is CCC(CC)(C(=O)c1cc(C)cnc1N)N1CCCC1. The van der Waals surface area contributed by atoms with E-state index in [4.69, 9.17) is 5.73 Å². The standard InChI is InChI=1S/C16H25N3O/c1-4-16(5-2,19-8-6-7-9-19)14(20)13-10-12(3)11-18-15(13)17/h10-11H,4-9H2,1-3H3,(H2,17,18). The number of carbonyl (C=O) groups is 1. The van der Waals surface area contributed by atoms with E-state index in [9.17, 15) is 4.79 Å². The third-order valence-corrected chi connectivity index (χ3v) is 4.60. The van der Waals surface area contributed by atoms with Gasteiger partial charge in [0.1, 0.15) is 5.82 Å². The maximum atomic E-state index is 13.1. The van der Waals surface area contributed by atoms with Gasteiger partial charge in [-0.1, -0.05) is 13.8 Å². The van der Waals surface area contributed by atoms with Crippen LogP contribution in [0, 0.1) is 6.92 Å². The second-order valence-corrected chi connectivity index (χ2v) is 5.71. The van der Waals surface area contributed by atoms with Crippen LogP contribution >= 0.6 is 0 Å². The molecule has 0 unspecified atom stereocenters. The van der Waals surface area contributed by atoms with Gasteiger partial charge < -0.3 is 5.73 Å². The molecule has 0 aromatic carbocycles. The molecule has 20 heavy (non-hydrogen) atoms. The van der Waals surface area contributed by atoms with E-state index in [2.05, 4.69) is 23.7 Å². The van der Waals surface area contributed by atoms with Crippen LogP contribution in [0.4, 0.5) is 5.82 Å². The van der Waals surface area contributed by atoms with Crippen molar-refractivity contribution in [2.75, 3.05) is 18.8 Å². The van der Waals surface area contributed by atoms with Crippen molar-refractivity contribution in [3.63, 3.8) is 0 Å². The molecule has 2 heterocycles. The highest BCUT2D eigenvalue weighted by Gasteiger charge is 2.42. The maximum Gasteiger partial charge on any atom is 0.186 e. The normalized spacial score (nSPS) is 16.6. The van der Waals surface area contributed by atoms with Gasteiger partial charge in [0.15, 0.2) is 5.78 Å². The summed E-state index contributed by atoms with van der Waals surface area (Å²) in [6.07, 6.45) is 5.69. The molecule has 0 spiro atoms. The van der Waals surface area contributed by atoms with Crippen molar-refractivity contribution in [2.24, 2.45) is 0 Å². The lowest BCUT2D eigenvalue weighted by Gasteiger charge is -2.39. The van der Waals surface area contributed by atoms with E-state index < -0.39 is 5.54 Å². The number of carbonyl (C=O) groups excluding carboxylic acids is 1. The second-order valence-electron chi connectivity index (χ2n) is 5.71. The molecule has 0 saturated carbocycles. The van der Waals surface area contributed by atoms with Crippen LogP contribution in [0.5, 0.6) is 0 Å². The van der Waals surface area contributed by atoms with Gasteiger partial charge in [-0.15, -0.1) is 0 Å². The summed E-state index contributed by atoms with van der Waals surface area (Å²) in [6, 6.07) is 1.88. The molecule has 4 nitrogen and oxygen atoms in total. The van der Waals surface area contributed by atoms with Crippen molar-refractivity contribution in [3.05, 3.63) is 23.4 Å². The largest absolute Gasteiger partial charge is 0.383 e. The lowest BCUT2D eigenvalue weighted by Crippen LogP contribution is -2.52. The molecular formula is C16H25N3O. The van der Waals surface area contributed by atoms with Crippen molar-refractivity contribution in [1.29, 1.82) is 0 Å². The molecular weight excluding hydrogens is 250 g/mol. The highest BCUT2D eigenvalue weighted by molar-refractivity contribution is 6.06. The minimum Gasteiger partial charge on any atom is -0.383 e. The molecule has 0 atom stereocenters. The first-order chi connectivity index (χ1) is 9.55. The minimum absolute atomic E-state index is 0.137. The Bertz CT molecular complexity index is 488. The molecule has 1 aliphatic heterocycles. The second kappa shape index (κ2) is 5.92. The fraction of sp³-hybridized carbons (Fsp3) is 0.625. The Morgan fingerprint density at radius 2 is 1.95 bits per heavy atom. The molecule has 0 radical (unpaired) electrons. The van der Waals surface area contributed by atoms with Gasteiger partial charge in [-0.25, -0.2) is 4.98 Å². The third kappa shape index (κ3) is 2.44. The van der Waals surface area contributed by atoms with Gasteiger partial charge in [0.05, 0.1) is 11.1 Å². The quantitative estimate of drug-likeness (QED) is 0.839. The van der Waals surface area contributed by atoms with Crippen LogP contribution in [0.3, 0.4) is 0 Å². The first-order valence-corrected chi connectivity index (χ1v) is 7.57. The molecule has 1 fully saturated rings. The van der Waals surface area contributed by atoms with Crippen LogP contribution in [0.25, 0.3) is 0 Å². The zero-order valence-corrected chi connectivity index (χ0v) is 12.8. The monoisotopic (exact) mass is 275 g/mol. The molecule has 2 N–H and O–H groups in total. The third-order valence-electron chi connectivity index (χ3n) is 4.60. The van der Waals surface area contributed by atoms with Crippen LogP contribution in [-0.4, -0.2) is 34.3 Å². The number of hydrogen-bond acceptors (Lipinski definition) is 4. The van der Waals surface area contributed by atoms with Gasteiger partial charge in [-0.3, -0.25) is 9.69 Å². The van der Waals surface area contributed by atoms with Gasteiger partial charge in [-0.05, 0) is 57.3 Å². The lowest BCUT2D eigenvalue weighted by atomic mass is 9.82. The predicted octanol–water partition coefficient (Wildman–Crippen LogP) is 2.81. The number of hydrogen-bond donors (Lipinski definition) is 1. The Hall–Kier alpha value is -1.42. The topological polar surface area (TPSA) is 59.2 Å². The summed E-state index contributed by atoms with van der Waals surface area (Å²) in [5, 5.41) is 0. The highest BCUT2D eigenvalue weighted by atomic mass is 16.1. The van der Waals surface area contributed by atoms with Crippen LogP contribution in [0.1, 0.15) is 55.5 Å². The Kier molecular flexibility index (Phi) is 4.43. The maximum absolute atomic E-state index is 13.1. The number of Topliss-reactive ketones (excluding diaryl/α,β-unsaturated/α-hetero) is 1. The van der Waals surface area contributed by atoms with Gasteiger partial charge in [0.25, 0.3) is 0 Å². The molecule has 2 rings (SSSR count). The zero-order chi connectivity index (χ0) is 14.8. The van der Waals surface area contributed by atoms with Crippen molar-refractivity contribution >= 4 is 11.6 Å². The molecule has 1 aromatic rings. The van der Waals surface area contributed by atoms with Crippen LogP contribution < -0.4 is 5.73 Å². The summed E-state index contributed by atoms with van der Waals surface area (Å²) >= 11 is 0. The van der Waals surface area contributed by atoms with Crippen molar-refractivity contribution in [3.8, 4) is 0 Å². The first-order valence-electron chi connectivity index (χ1n) is 7.57. The Morgan fingerprint density at radius 3 is 2.50 bits per heavy atom. The molecule has 1 aliphatic rings. The summed E-state index contributed by atoms with van der Waals surface area (Å²) in [5.74, 6) is 0.490. The number of aromatic nitrogens is 1. The van der Waals surface area contributed by atoms with E-state index >= 15 is 0 Å². The number of pyridine rings is 1. The summed E-state index contributed by atoms with van der Waals surface area (Å²) < 4.78 is 0. The fourth-order valence-electron chi connectivity index (χ4n) is 3.32. The van der Waals surface area contributed by atoms with E-state index in [0.717, 1.165) is 31.5 Å². The van der Waals surface area contributed by atoms with Crippen LogP contribution in [0.2, 0.25) is 0 Å². The zero-order valence-electron chi connectivity index (χ0n) is 12.8. The van der Waals surface area contributed by atoms with Gasteiger partial charge in [-0.2, -0.15) is 0 Å². The number of nitrogen functional groups attached to an aromatic ring is 1. The predicted molar refractivity (Wildman–Crippen MR) is 81.8 cm³/mol. The average Bonchev–Trinajstić information content (AvgIpc) is 2.98. The fourth-order valence-corrected chi connectivity index (χ4v) is 3.32. The van der Waals surface area contributed by atoms with E-state index in [1.165, 1.54) is 12.8 Å². The van der Waals surface area contributed by atoms with Crippen LogP contribution in [-0.2, 0) is 0 Å². The average molecular weight is 275 g/mol. The summed E-state index contributed by atoms with van der Waals surface area (Å²) in [5.41, 5.74) is 7.09. The number of likely N-dealkylation sites (tertiary alicyclic amines) is 1. The minimum atomic E-state index is -0.417. The molecule has 1 aromatic heterocycles. The molecule has 0 bridgehead atoms. The van der Waals surface area contributed by atoms with E-state index in [1.807, 2.05) is 13.0 Å².